The fourth-order valence-corrected chi connectivity index (χ4v) is 3.77. The Bertz CT molecular complexity index is 510. The molecule has 0 aromatic heterocycles. The van der Waals surface area contributed by atoms with E-state index < -0.39 is 10.0 Å². The summed E-state index contributed by atoms with van der Waals surface area (Å²) in [5.74, 6) is 0.0821. The molecule has 120 valence electrons. The minimum Gasteiger partial charge on any atom is -0.310 e. The third-order valence-electron chi connectivity index (χ3n) is 3.31. The molecule has 0 aliphatic rings. The van der Waals surface area contributed by atoms with Gasteiger partial charge >= 0.3 is 0 Å². The summed E-state index contributed by atoms with van der Waals surface area (Å²) in [6, 6.07) is 8.26. The van der Waals surface area contributed by atoms with Crippen molar-refractivity contribution in [2.45, 2.75) is 52.5 Å². The van der Waals surface area contributed by atoms with Crippen molar-refractivity contribution < 1.29 is 8.42 Å². The summed E-state index contributed by atoms with van der Waals surface area (Å²) in [5.41, 5.74) is 2.02. The monoisotopic (exact) mass is 312 g/mol. The van der Waals surface area contributed by atoms with E-state index >= 15 is 0 Å². The first-order chi connectivity index (χ1) is 9.89. The van der Waals surface area contributed by atoms with Crippen LogP contribution in [0.1, 0.15) is 45.2 Å². The van der Waals surface area contributed by atoms with Gasteiger partial charge in [-0.05, 0) is 17.5 Å². The average Bonchev–Trinajstić information content (AvgIpc) is 2.43. The van der Waals surface area contributed by atoms with Gasteiger partial charge in [0.2, 0.25) is 10.0 Å². The number of hydrogen-bond acceptors (Lipinski definition) is 3. The molecule has 0 bridgehead atoms. The molecule has 0 atom stereocenters. The summed E-state index contributed by atoms with van der Waals surface area (Å²) in [7, 11) is -3.21. The van der Waals surface area contributed by atoms with Crippen molar-refractivity contribution in [1.82, 2.24) is 9.62 Å². The van der Waals surface area contributed by atoms with Crippen molar-refractivity contribution in [1.29, 1.82) is 0 Å². The van der Waals surface area contributed by atoms with Gasteiger partial charge in [-0.25, -0.2) is 12.7 Å². The second kappa shape index (κ2) is 8.51. The highest BCUT2D eigenvalue weighted by Gasteiger charge is 2.19. The van der Waals surface area contributed by atoms with E-state index in [-0.39, 0.29) is 5.75 Å². The molecule has 0 spiro atoms. The first-order valence-corrected chi connectivity index (χ1v) is 9.29. The summed E-state index contributed by atoms with van der Waals surface area (Å²) >= 11 is 0. The van der Waals surface area contributed by atoms with Crippen LogP contribution in [0.25, 0.3) is 0 Å². The fraction of sp³-hybridized carbons (Fsp3) is 0.625. The van der Waals surface area contributed by atoms with E-state index in [2.05, 4.69) is 19.2 Å². The minimum atomic E-state index is -3.21. The molecule has 0 aliphatic carbocycles. The van der Waals surface area contributed by atoms with Crippen LogP contribution in [0.15, 0.2) is 24.3 Å². The van der Waals surface area contributed by atoms with Crippen LogP contribution in [0.2, 0.25) is 0 Å². The van der Waals surface area contributed by atoms with Gasteiger partial charge in [-0.2, -0.15) is 0 Å². The Morgan fingerprint density at radius 1 is 1.10 bits per heavy atom. The van der Waals surface area contributed by atoms with Crippen LogP contribution in [-0.2, 0) is 22.3 Å². The Hall–Kier alpha value is -0.910. The third kappa shape index (κ3) is 6.16. The summed E-state index contributed by atoms with van der Waals surface area (Å²) < 4.78 is 26.2. The second-order valence-electron chi connectivity index (χ2n) is 5.60. The van der Waals surface area contributed by atoms with Gasteiger partial charge in [-0.15, -0.1) is 0 Å². The number of sulfonamides is 1. The van der Waals surface area contributed by atoms with E-state index in [1.54, 1.807) is 4.31 Å². The van der Waals surface area contributed by atoms with Gasteiger partial charge in [0.05, 0.1) is 5.75 Å². The van der Waals surface area contributed by atoms with E-state index in [0.717, 1.165) is 18.5 Å². The third-order valence-corrected chi connectivity index (χ3v) is 5.23. The minimum absolute atomic E-state index is 0.0821. The van der Waals surface area contributed by atoms with Crippen molar-refractivity contribution in [3.05, 3.63) is 35.4 Å². The van der Waals surface area contributed by atoms with Crippen LogP contribution in [0.3, 0.4) is 0 Å². The zero-order valence-electron chi connectivity index (χ0n) is 13.6. The van der Waals surface area contributed by atoms with Crippen LogP contribution < -0.4 is 5.32 Å². The maximum Gasteiger partial charge on any atom is 0.218 e. The maximum atomic E-state index is 12.3. The molecular formula is C16H28N2O2S. The number of benzene rings is 1. The van der Waals surface area contributed by atoms with Gasteiger partial charge in [0, 0.05) is 25.7 Å². The quantitative estimate of drug-likeness (QED) is 0.763. The SMILES string of the molecule is CCCN(CC)S(=O)(=O)Cc1ccc(CNC(C)C)cc1. The van der Waals surface area contributed by atoms with E-state index in [1.165, 1.54) is 5.56 Å². The highest BCUT2D eigenvalue weighted by molar-refractivity contribution is 7.88. The maximum absolute atomic E-state index is 12.3. The van der Waals surface area contributed by atoms with E-state index in [1.807, 2.05) is 38.1 Å². The molecule has 0 saturated heterocycles. The first kappa shape index (κ1) is 18.1. The molecule has 1 rings (SSSR count). The van der Waals surface area contributed by atoms with Crippen LogP contribution in [0.5, 0.6) is 0 Å². The first-order valence-electron chi connectivity index (χ1n) is 7.68. The second-order valence-corrected chi connectivity index (χ2v) is 7.57. The van der Waals surface area contributed by atoms with E-state index in [4.69, 9.17) is 0 Å². The molecule has 0 unspecified atom stereocenters. The number of hydrogen-bond donors (Lipinski definition) is 1. The molecule has 1 aromatic rings. The molecule has 4 nitrogen and oxygen atoms in total. The van der Waals surface area contributed by atoms with Crippen LogP contribution in [-0.4, -0.2) is 31.9 Å². The zero-order valence-corrected chi connectivity index (χ0v) is 14.4. The molecule has 1 aromatic carbocycles. The molecule has 5 heteroatoms. The summed E-state index contributed by atoms with van der Waals surface area (Å²) in [6.45, 7) is 10.0. The van der Waals surface area contributed by atoms with Gasteiger partial charge in [-0.3, -0.25) is 0 Å². The molecule has 0 heterocycles. The molecule has 0 aliphatic heterocycles. The van der Waals surface area contributed by atoms with Gasteiger partial charge in [0.25, 0.3) is 0 Å². The topological polar surface area (TPSA) is 49.4 Å². The highest BCUT2D eigenvalue weighted by Crippen LogP contribution is 2.12. The Morgan fingerprint density at radius 3 is 2.14 bits per heavy atom. The number of nitrogens with zero attached hydrogens (tertiary/aromatic N) is 1. The number of nitrogens with one attached hydrogen (secondary N) is 1. The Labute approximate surface area is 129 Å². The highest BCUT2D eigenvalue weighted by atomic mass is 32.2. The lowest BCUT2D eigenvalue weighted by molar-refractivity contribution is 0.426. The Kier molecular flexibility index (Phi) is 7.35. The molecule has 21 heavy (non-hydrogen) atoms. The predicted molar refractivity (Wildman–Crippen MR) is 88.6 cm³/mol. The van der Waals surface area contributed by atoms with Gasteiger partial charge < -0.3 is 5.32 Å². The fourth-order valence-electron chi connectivity index (χ4n) is 2.12. The predicted octanol–water partition coefficient (Wildman–Crippen LogP) is 2.75. The summed E-state index contributed by atoms with van der Waals surface area (Å²) in [5, 5.41) is 3.35. The van der Waals surface area contributed by atoms with Gasteiger partial charge in [0.15, 0.2) is 0 Å². The van der Waals surface area contributed by atoms with Crippen molar-refractivity contribution in [3.63, 3.8) is 0 Å². The lowest BCUT2D eigenvalue weighted by Crippen LogP contribution is -2.32. The van der Waals surface area contributed by atoms with Crippen LogP contribution >= 0.6 is 0 Å². The molecule has 0 fully saturated rings. The molecule has 0 saturated carbocycles. The van der Waals surface area contributed by atoms with Crippen molar-refractivity contribution >= 4 is 10.0 Å². The van der Waals surface area contributed by atoms with Gasteiger partial charge in [-0.1, -0.05) is 52.0 Å². The molecule has 0 radical (unpaired) electrons. The molecule has 0 amide bonds. The lowest BCUT2D eigenvalue weighted by Gasteiger charge is -2.19. The van der Waals surface area contributed by atoms with Crippen molar-refractivity contribution in [2.24, 2.45) is 0 Å². The largest absolute Gasteiger partial charge is 0.310 e. The molecular weight excluding hydrogens is 284 g/mol. The summed E-state index contributed by atoms with van der Waals surface area (Å²) in [4.78, 5) is 0. The normalized spacial score (nSPS) is 12.3. The zero-order chi connectivity index (χ0) is 15.9. The van der Waals surface area contributed by atoms with Crippen LogP contribution in [0, 0.1) is 0 Å². The van der Waals surface area contributed by atoms with Gasteiger partial charge in [0.1, 0.15) is 0 Å². The van der Waals surface area contributed by atoms with Crippen LogP contribution in [0.4, 0.5) is 0 Å². The number of rotatable bonds is 9. The average molecular weight is 312 g/mol. The lowest BCUT2D eigenvalue weighted by atomic mass is 10.1. The van der Waals surface area contributed by atoms with E-state index in [9.17, 15) is 8.42 Å². The Balaban J connectivity index is 2.70. The van der Waals surface area contributed by atoms with Crippen molar-refractivity contribution in [2.75, 3.05) is 13.1 Å². The standard InChI is InChI=1S/C16H28N2O2S/c1-5-11-18(6-2)21(19,20)13-16-9-7-15(8-10-16)12-17-14(3)4/h7-10,14,17H,5-6,11-13H2,1-4H3. The smallest absolute Gasteiger partial charge is 0.218 e. The summed E-state index contributed by atoms with van der Waals surface area (Å²) in [6.07, 6.45) is 0.840. The van der Waals surface area contributed by atoms with E-state index in [0.29, 0.717) is 19.1 Å². The van der Waals surface area contributed by atoms with Crippen molar-refractivity contribution in [3.8, 4) is 0 Å². The Morgan fingerprint density at radius 2 is 1.67 bits per heavy atom. The molecule has 1 N–H and O–H groups in total.